The van der Waals surface area contributed by atoms with Crippen LogP contribution in [0.3, 0.4) is 0 Å². The van der Waals surface area contributed by atoms with Gasteiger partial charge in [0.15, 0.2) is 0 Å². The van der Waals surface area contributed by atoms with Crippen LogP contribution in [0.4, 0.5) is 0 Å². The number of rotatable bonds is 3. The van der Waals surface area contributed by atoms with Gasteiger partial charge in [0.2, 0.25) is 0 Å². The molecule has 1 heterocycles. The van der Waals surface area contributed by atoms with E-state index in [4.69, 9.17) is 9.47 Å². The first kappa shape index (κ1) is 21.9. The van der Waals surface area contributed by atoms with Gasteiger partial charge in [0.05, 0.1) is 5.92 Å². The molecule has 0 aliphatic carbocycles. The topological polar surface area (TPSA) is 64.6 Å². The number of esters is 2. The van der Waals surface area contributed by atoms with E-state index in [1.54, 1.807) is 0 Å². The van der Waals surface area contributed by atoms with E-state index in [1.807, 2.05) is 72.7 Å². The molecule has 1 aliphatic rings. The third-order valence-electron chi connectivity index (χ3n) is 4.38. The summed E-state index contributed by atoms with van der Waals surface area (Å²) in [5, 5.41) is 3.32. The van der Waals surface area contributed by atoms with Gasteiger partial charge < -0.3 is 9.47 Å². The molecule has 0 unspecified atom stereocenters. The summed E-state index contributed by atoms with van der Waals surface area (Å²) >= 11 is 3.43. The molecule has 0 aromatic heterocycles. The van der Waals surface area contributed by atoms with Crippen LogP contribution in [0.5, 0.6) is 0 Å². The molecule has 4 atom stereocenters. The maximum absolute atomic E-state index is 13.0. The fourth-order valence-corrected chi connectivity index (χ4v) is 3.57. The quantitative estimate of drug-likeness (QED) is 0.706. The molecular weight excluding hydrogens is 410 g/mol. The largest absolute Gasteiger partial charge is 0.460 e. The molecule has 2 rings (SSSR count). The Morgan fingerprint density at radius 2 is 1.41 bits per heavy atom. The first-order valence-corrected chi connectivity index (χ1v) is 10.0. The highest BCUT2D eigenvalue weighted by atomic mass is 79.9. The molecule has 0 bridgehead atoms. The number of carbonyl (C=O) groups excluding carboxylic acids is 2. The molecule has 1 aromatic carbocycles. The number of hydrogen-bond acceptors (Lipinski definition) is 5. The second-order valence-electron chi connectivity index (χ2n) is 9.13. The molecule has 1 aliphatic heterocycles. The van der Waals surface area contributed by atoms with Crippen LogP contribution in [0.2, 0.25) is 0 Å². The summed E-state index contributed by atoms with van der Waals surface area (Å²) in [6, 6.07) is 6.85. The summed E-state index contributed by atoms with van der Waals surface area (Å²) in [6.07, 6.45) is 0. The Hall–Kier alpha value is -1.40. The van der Waals surface area contributed by atoms with Crippen LogP contribution in [0.15, 0.2) is 28.7 Å². The number of benzene rings is 1. The number of nitrogens with one attached hydrogen (secondary N) is 1. The van der Waals surface area contributed by atoms with Crippen molar-refractivity contribution in [2.75, 3.05) is 0 Å². The van der Waals surface area contributed by atoms with Crippen molar-refractivity contribution < 1.29 is 19.1 Å². The third-order valence-corrected chi connectivity index (χ3v) is 4.91. The molecule has 1 N–H and O–H groups in total. The fraction of sp³-hybridized carbons (Fsp3) is 0.619. The van der Waals surface area contributed by atoms with Crippen molar-refractivity contribution >= 4 is 27.9 Å². The van der Waals surface area contributed by atoms with E-state index in [-0.39, 0.29) is 23.9 Å². The second-order valence-corrected chi connectivity index (χ2v) is 10.0. The van der Waals surface area contributed by atoms with E-state index in [0.717, 1.165) is 10.0 Å². The Kier molecular flexibility index (Phi) is 6.42. The van der Waals surface area contributed by atoms with Gasteiger partial charge in [-0.3, -0.25) is 14.9 Å². The summed E-state index contributed by atoms with van der Waals surface area (Å²) in [4.78, 5) is 25.7. The molecule has 27 heavy (non-hydrogen) atoms. The predicted octanol–water partition coefficient (Wildman–Crippen LogP) is 4.40. The Labute approximate surface area is 170 Å². The smallest absolute Gasteiger partial charge is 0.323 e. The van der Waals surface area contributed by atoms with E-state index in [2.05, 4.69) is 21.2 Å². The second kappa shape index (κ2) is 7.92. The van der Waals surface area contributed by atoms with Crippen LogP contribution in [-0.4, -0.2) is 29.2 Å². The zero-order valence-electron chi connectivity index (χ0n) is 17.1. The van der Waals surface area contributed by atoms with Gasteiger partial charge >= 0.3 is 11.9 Å². The van der Waals surface area contributed by atoms with Crippen LogP contribution in [0.25, 0.3) is 0 Å². The average molecular weight is 440 g/mol. The summed E-state index contributed by atoms with van der Waals surface area (Å²) in [6.45, 7) is 12.9. The van der Waals surface area contributed by atoms with Gasteiger partial charge in [-0.1, -0.05) is 35.0 Å². The van der Waals surface area contributed by atoms with Crippen LogP contribution in [-0.2, 0) is 19.1 Å². The van der Waals surface area contributed by atoms with Crippen LogP contribution < -0.4 is 5.32 Å². The van der Waals surface area contributed by atoms with Gasteiger partial charge in [-0.05, 0) is 65.2 Å². The Morgan fingerprint density at radius 3 is 1.89 bits per heavy atom. The monoisotopic (exact) mass is 439 g/mol. The van der Waals surface area contributed by atoms with Crippen molar-refractivity contribution in [1.82, 2.24) is 5.32 Å². The first-order valence-electron chi connectivity index (χ1n) is 9.26. The first-order chi connectivity index (χ1) is 12.3. The van der Waals surface area contributed by atoms with E-state index in [0.29, 0.717) is 0 Å². The SMILES string of the molecule is C[C@@H]1[C@@H](C(=O)OC(C)(C)C)[C@@H](c2ccc(Br)cc2)N[C@H]1C(=O)OC(C)(C)C. The van der Waals surface area contributed by atoms with Gasteiger partial charge in [-0.25, -0.2) is 0 Å². The van der Waals surface area contributed by atoms with E-state index >= 15 is 0 Å². The number of carbonyl (C=O) groups is 2. The standard InChI is InChI=1S/C21H30BrNO4/c1-12-15(18(24)26-20(2,3)4)17(13-8-10-14(22)11-9-13)23-16(12)19(25)27-21(5,6)7/h8-12,15-17,23H,1-7H3/t12-,15-,16-,17-/m1/s1. The zero-order valence-corrected chi connectivity index (χ0v) is 18.7. The molecule has 1 saturated heterocycles. The molecule has 150 valence electrons. The number of ether oxygens (including phenoxy) is 2. The van der Waals surface area contributed by atoms with Crippen molar-refractivity contribution in [3.63, 3.8) is 0 Å². The average Bonchev–Trinajstić information content (AvgIpc) is 2.82. The van der Waals surface area contributed by atoms with Gasteiger partial charge in [-0.2, -0.15) is 0 Å². The summed E-state index contributed by atoms with van der Waals surface area (Å²) in [5.41, 5.74) is -0.243. The van der Waals surface area contributed by atoms with Gasteiger partial charge in [0, 0.05) is 10.5 Å². The molecule has 0 saturated carbocycles. The lowest BCUT2D eigenvalue weighted by molar-refractivity contribution is -0.162. The lowest BCUT2D eigenvalue weighted by Crippen LogP contribution is -2.41. The highest BCUT2D eigenvalue weighted by molar-refractivity contribution is 9.10. The Bertz CT molecular complexity index is 688. The molecule has 0 amide bonds. The highest BCUT2D eigenvalue weighted by Gasteiger charge is 2.50. The molecule has 0 spiro atoms. The van der Waals surface area contributed by atoms with Gasteiger partial charge in [0.25, 0.3) is 0 Å². The van der Waals surface area contributed by atoms with Gasteiger partial charge in [-0.15, -0.1) is 0 Å². The Morgan fingerprint density at radius 1 is 0.926 bits per heavy atom. The summed E-state index contributed by atoms with van der Waals surface area (Å²) in [5.74, 6) is -1.39. The van der Waals surface area contributed by atoms with Crippen LogP contribution in [0.1, 0.15) is 60.1 Å². The van der Waals surface area contributed by atoms with E-state index in [9.17, 15) is 9.59 Å². The van der Waals surface area contributed by atoms with Crippen molar-refractivity contribution in [3.05, 3.63) is 34.3 Å². The molecule has 1 fully saturated rings. The number of hydrogen-bond donors (Lipinski definition) is 1. The van der Waals surface area contributed by atoms with Crippen LogP contribution >= 0.6 is 15.9 Å². The maximum atomic E-state index is 13.0. The lowest BCUT2D eigenvalue weighted by Gasteiger charge is -2.27. The minimum atomic E-state index is -0.592. The Balaban J connectivity index is 2.34. The molecule has 6 heteroatoms. The predicted molar refractivity (Wildman–Crippen MR) is 108 cm³/mol. The van der Waals surface area contributed by atoms with Crippen molar-refractivity contribution in [2.24, 2.45) is 11.8 Å². The normalized spacial score (nSPS) is 25.9. The van der Waals surface area contributed by atoms with Crippen LogP contribution in [0, 0.1) is 11.8 Å². The molecular formula is C21H30BrNO4. The van der Waals surface area contributed by atoms with E-state index in [1.165, 1.54) is 0 Å². The lowest BCUT2D eigenvalue weighted by atomic mass is 9.85. The van der Waals surface area contributed by atoms with Crippen molar-refractivity contribution in [2.45, 2.75) is 71.8 Å². The van der Waals surface area contributed by atoms with Gasteiger partial charge in [0.1, 0.15) is 17.2 Å². The summed E-state index contributed by atoms with van der Waals surface area (Å²) in [7, 11) is 0. The maximum Gasteiger partial charge on any atom is 0.323 e. The fourth-order valence-electron chi connectivity index (χ4n) is 3.30. The number of halogens is 1. The van der Waals surface area contributed by atoms with Crippen molar-refractivity contribution in [3.8, 4) is 0 Å². The molecule has 0 radical (unpaired) electrons. The minimum Gasteiger partial charge on any atom is -0.460 e. The van der Waals surface area contributed by atoms with Crippen molar-refractivity contribution in [1.29, 1.82) is 0 Å². The molecule has 5 nitrogen and oxygen atoms in total. The molecule has 1 aromatic rings. The van der Waals surface area contributed by atoms with E-state index < -0.39 is 23.2 Å². The highest BCUT2D eigenvalue weighted by Crippen LogP contribution is 2.39. The summed E-state index contributed by atoms with van der Waals surface area (Å²) < 4.78 is 12.2. The third kappa shape index (κ3) is 5.79. The minimum absolute atomic E-state index is 0.261. The zero-order chi connectivity index (χ0) is 20.6.